The first-order chi connectivity index (χ1) is 8.52. The van der Waals surface area contributed by atoms with Crippen molar-refractivity contribution in [1.82, 2.24) is 9.78 Å². The molecule has 2 rings (SSSR count). The van der Waals surface area contributed by atoms with Gasteiger partial charge in [-0.25, -0.2) is 4.68 Å². The highest BCUT2D eigenvalue weighted by molar-refractivity contribution is 7.71. The zero-order chi connectivity index (χ0) is 13.3. The van der Waals surface area contributed by atoms with Crippen molar-refractivity contribution in [3.63, 3.8) is 0 Å². The van der Waals surface area contributed by atoms with E-state index in [-0.39, 0.29) is 0 Å². The van der Waals surface area contributed by atoms with Crippen molar-refractivity contribution in [3.8, 4) is 5.69 Å². The molecule has 4 heteroatoms. The predicted octanol–water partition coefficient (Wildman–Crippen LogP) is 3.61. The molecule has 0 radical (unpaired) electrons. The average Bonchev–Trinajstić information content (AvgIpc) is 2.59. The molecular weight excluding hydrogens is 244 g/mol. The van der Waals surface area contributed by atoms with Crippen molar-refractivity contribution >= 4 is 12.2 Å². The van der Waals surface area contributed by atoms with Crippen LogP contribution in [0.5, 0.6) is 0 Å². The van der Waals surface area contributed by atoms with Crippen LogP contribution in [0.25, 0.3) is 5.69 Å². The molecule has 2 aromatic rings. The number of nitrogens with one attached hydrogen (secondary N) is 1. The maximum atomic E-state index is 5.40. The van der Waals surface area contributed by atoms with E-state index in [1.54, 1.807) is 7.11 Å². The van der Waals surface area contributed by atoms with E-state index in [4.69, 9.17) is 17.0 Å². The van der Waals surface area contributed by atoms with Gasteiger partial charge in [0.2, 0.25) is 0 Å². The number of nitrogens with zero attached hydrogens (tertiary/aromatic N) is 1. The van der Waals surface area contributed by atoms with E-state index in [9.17, 15) is 0 Å². The minimum absolute atomic E-state index is 0.542. The number of aryl methyl sites for hydroxylation is 3. The number of rotatable bonds is 3. The Hall–Kier alpha value is -1.39. The van der Waals surface area contributed by atoms with Crippen molar-refractivity contribution in [2.45, 2.75) is 27.4 Å². The molecule has 1 heterocycles. The third-order valence-electron chi connectivity index (χ3n) is 2.93. The van der Waals surface area contributed by atoms with E-state index in [1.165, 1.54) is 16.7 Å². The lowest BCUT2D eigenvalue weighted by Gasteiger charge is -2.12. The Morgan fingerprint density at radius 2 is 1.78 bits per heavy atom. The summed E-state index contributed by atoms with van der Waals surface area (Å²) in [4.78, 5) is 0. The van der Waals surface area contributed by atoms with E-state index in [0.717, 1.165) is 16.0 Å². The highest BCUT2D eigenvalue weighted by Gasteiger charge is 2.09. The van der Waals surface area contributed by atoms with Crippen LogP contribution < -0.4 is 0 Å². The van der Waals surface area contributed by atoms with Gasteiger partial charge >= 0.3 is 0 Å². The summed E-state index contributed by atoms with van der Waals surface area (Å²) in [6.07, 6.45) is 0. The van der Waals surface area contributed by atoms with Crippen LogP contribution >= 0.6 is 12.2 Å². The van der Waals surface area contributed by atoms with Gasteiger partial charge in [0.1, 0.15) is 4.64 Å². The number of aromatic amines is 1. The number of ether oxygens (including phenoxy) is 1. The van der Waals surface area contributed by atoms with Crippen LogP contribution in [0.3, 0.4) is 0 Å². The molecule has 0 aliphatic heterocycles. The molecule has 96 valence electrons. The van der Waals surface area contributed by atoms with Crippen LogP contribution in [-0.4, -0.2) is 16.9 Å². The number of methoxy groups -OCH3 is 1. The molecule has 3 nitrogen and oxygen atoms in total. The number of aromatic nitrogens is 2. The third-order valence-corrected chi connectivity index (χ3v) is 3.23. The number of benzene rings is 1. The first-order valence-electron chi connectivity index (χ1n) is 5.91. The van der Waals surface area contributed by atoms with Gasteiger partial charge in [-0.05, 0) is 38.0 Å². The van der Waals surface area contributed by atoms with E-state index in [0.29, 0.717) is 6.61 Å². The van der Waals surface area contributed by atoms with Gasteiger partial charge in [-0.3, -0.25) is 5.10 Å². The van der Waals surface area contributed by atoms with Crippen molar-refractivity contribution < 1.29 is 4.74 Å². The minimum atomic E-state index is 0.542. The van der Waals surface area contributed by atoms with Crippen LogP contribution in [0.15, 0.2) is 18.2 Å². The normalized spacial score (nSPS) is 10.9. The van der Waals surface area contributed by atoms with Crippen molar-refractivity contribution in [2.24, 2.45) is 0 Å². The zero-order valence-corrected chi connectivity index (χ0v) is 12.0. The topological polar surface area (TPSA) is 29.9 Å². The molecule has 18 heavy (non-hydrogen) atoms. The monoisotopic (exact) mass is 262 g/mol. The molecule has 0 atom stereocenters. The van der Waals surface area contributed by atoms with Gasteiger partial charge in [0, 0.05) is 7.11 Å². The number of H-pyrrole nitrogens is 1. The van der Waals surface area contributed by atoms with Crippen LogP contribution in [-0.2, 0) is 11.3 Å². The Kier molecular flexibility index (Phi) is 3.68. The Morgan fingerprint density at radius 1 is 1.17 bits per heavy atom. The molecule has 0 spiro atoms. The minimum Gasteiger partial charge on any atom is -0.378 e. The van der Waals surface area contributed by atoms with Gasteiger partial charge in [0.25, 0.3) is 0 Å². The molecule has 1 aromatic heterocycles. The zero-order valence-electron chi connectivity index (χ0n) is 11.2. The second kappa shape index (κ2) is 5.08. The molecular formula is C14H18N2OS. The fourth-order valence-corrected chi connectivity index (χ4v) is 2.64. The molecule has 0 saturated carbocycles. The van der Waals surface area contributed by atoms with Crippen LogP contribution in [0.1, 0.15) is 22.4 Å². The summed E-state index contributed by atoms with van der Waals surface area (Å²) in [5, 5.41) is 3.29. The summed E-state index contributed by atoms with van der Waals surface area (Å²) in [5.74, 6) is 0. The smallest absolute Gasteiger partial charge is 0.128 e. The summed E-state index contributed by atoms with van der Waals surface area (Å²) in [6, 6.07) is 6.28. The second-order valence-corrected chi connectivity index (χ2v) is 5.05. The Labute approximate surface area is 112 Å². The lowest BCUT2D eigenvalue weighted by molar-refractivity contribution is 0.181. The molecule has 0 unspecified atom stereocenters. The highest BCUT2D eigenvalue weighted by Crippen LogP contribution is 2.21. The maximum absolute atomic E-state index is 5.40. The Bertz CT molecular complexity index is 602. The van der Waals surface area contributed by atoms with Gasteiger partial charge in [0.05, 0.1) is 18.0 Å². The quantitative estimate of drug-likeness (QED) is 0.856. The lowest BCUT2D eigenvalue weighted by Crippen LogP contribution is -2.03. The SMILES string of the molecule is COCc1cc(=S)n(-c2c(C)cc(C)cc2C)[nH]1. The molecule has 0 amide bonds. The lowest BCUT2D eigenvalue weighted by atomic mass is 10.1. The maximum Gasteiger partial charge on any atom is 0.128 e. The third kappa shape index (κ3) is 2.40. The standard InChI is InChI=1S/C14H18N2OS/c1-9-5-10(2)14(11(3)6-9)16-13(18)7-12(15-16)8-17-4/h5-7,15H,8H2,1-4H3. The van der Waals surface area contributed by atoms with Gasteiger partial charge in [0.15, 0.2) is 0 Å². The Balaban J connectivity index is 2.58. The van der Waals surface area contributed by atoms with E-state index in [1.807, 2.05) is 10.7 Å². The Morgan fingerprint density at radius 3 is 2.33 bits per heavy atom. The first kappa shape index (κ1) is 13.1. The van der Waals surface area contributed by atoms with Gasteiger partial charge < -0.3 is 4.74 Å². The molecule has 1 N–H and O–H groups in total. The molecule has 0 aliphatic carbocycles. The van der Waals surface area contributed by atoms with Crippen molar-refractivity contribution in [2.75, 3.05) is 7.11 Å². The van der Waals surface area contributed by atoms with Crippen molar-refractivity contribution in [3.05, 3.63) is 45.2 Å². The largest absolute Gasteiger partial charge is 0.378 e. The fourth-order valence-electron chi connectivity index (χ4n) is 2.37. The summed E-state index contributed by atoms with van der Waals surface area (Å²) >= 11 is 5.40. The molecule has 0 fully saturated rings. The highest BCUT2D eigenvalue weighted by atomic mass is 32.1. The summed E-state index contributed by atoms with van der Waals surface area (Å²) in [7, 11) is 1.68. The molecule has 1 aromatic carbocycles. The summed E-state index contributed by atoms with van der Waals surface area (Å²) < 4.78 is 7.85. The summed E-state index contributed by atoms with van der Waals surface area (Å²) in [5.41, 5.74) is 5.82. The van der Waals surface area contributed by atoms with Crippen LogP contribution in [0.4, 0.5) is 0 Å². The van der Waals surface area contributed by atoms with Crippen LogP contribution in [0.2, 0.25) is 0 Å². The molecule has 0 bridgehead atoms. The number of hydrogen-bond acceptors (Lipinski definition) is 2. The van der Waals surface area contributed by atoms with E-state index >= 15 is 0 Å². The molecule has 0 saturated heterocycles. The average molecular weight is 262 g/mol. The molecule has 0 aliphatic rings. The van der Waals surface area contributed by atoms with E-state index in [2.05, 4.69) is 38.0 Å². The summed E-state index contributed by atoms with van der Waals surface area (Å²) in [6.45, 7) is 6.86. The predicted molar refractivity (Wildman–Crippen MR) is 75.9 cm³/mol. The second-order valence-electron chi connectivity index (χ2n) is 4.64. The van der Waals surface area contributed by atoms with Gasteiger partial charge in [-0.1, -0.05) is 29.9 Å². The van der Waals surface area contributed by atoms with Crippen LogP contribution in [0, 0.1) is 25.4 Å². The first-order valence-corrected chi connectivity index (χ1v) is 6.32. The fraction of sp³-hybridized carbons (Fsp3) is 0.357. The van der Waals surface area contributed by atoms with E-state index < -0.39 is 0 Å². The number of hydrogen-bond donors (Lipinski definition) is 1. The van der Waals surface area contributed by atoms with Gasteiger partial charge in [-0.2, -0.15) is 0 Å². The van der Waals surface area contributed by atoms with Crippen molar-refractivity contribution in [1.29, 1.82) is 0 Å². The van der Waals surface area contributed by atoms with Gasteiger partial charge in [-0.15, -0.1) is 0 Å².